The summed E-state index contributed by atoms with van der Waals surface area (Å²) in [5.74, 6) is -2.44. The standard InChI is InChI=1S/C17H14F5N3O3S/c1-9-13(18)6-11(7-14(9)19)25-8-16(26,17(20,21)22)24-15(25)10-2-4-12(5-3-10)29(23,27)28/h2-7,26H,8H2,1H3,(H2,23,27,28). The number of alkyl halides is 3. The number of hydrogen-bond donors (Lipinski definition) is 2. The Balaban J connectivity index is 2.14. The van der Waals surface area contributed by atoms with Crippen molar-refractivity contribution in [2.24, 2.45) is 10.1 Å². The highest BCUT2D eigenvalue weighted by molar-refractivity contribution is 7.89. The van der Waals surface area contributed by atoms with E-state index in [2.05, 4.69) is 4.99 Å². The first kappa shape index (κ1) is 21.1. The van der Waals surface area contributed by atoms with Crippen molar-refractivity contribution >= 4 is 21.5 Å². The Labute approximate surface area is 162 Å². The molecule has 0 amide bonds. The van der Waals surface area contributed by atoms with Gasteiger partial charge in [0.05, 0.1) is 11.4 Å². The average Bonchev–Trinajstić information content (AvgIpc) is 2.98. The van der Waals surface area contributed by atoms with Gasteiger partial charge >= 0.3 is 6.18 Å². The number of benzene rings is 2. The predicted octanol–water partition coefficient (Wildman–Crippen LogP) is 2.44. The van der Waals surface area contributed by atoms with Crippen molar-refractivity contribution in [1.29, 1.82) is 0 Å². The zero-order chi connectivity index (χ0) is 21.8. The van der Waals surface area contributed by atoms with Gasteiger partial charge in [-0.05, 0) is 43.3 Å². The van der Waals surface area contributed by atoms with Crippen LogP contribution in [-0.2, 0) is 10.0 Å². The minimum absolute atomic E-state index is 0.0287. The number of nitrogens with zero attached hydrogens (tertiary/aromatic N) is 2. The van der Waals surface area contributed by atoms with Crippen LogP contribution >= 0.6 is 0 Å². The highest BCUT2D eigenvalue weighted by atomic mass is 32.2. The summed E-state index contributed by atoms with van der Waals surface area (Å²) in [5.41, 5.74) is -4.19. The van der Waals surface area contributed by atoms with Crippen molar-refractivity contribution in [3.63, 3.8) is 0 Å². The molecule has 2 aromatic carbocycles. The van der Waals surface area contributed by atoms with Crippen molar-refractivity contribution in [2.45, 2.75) is 23.7 Å². The highest BCUT2D eigenvalue weighted by Crippen LogP contribution is 2.39. The van der Waals surface area contributed by atoms with Gasteiger partial charge in [-0.1, -0.05) is 0 Å². The van der Waals surface area contributed by atoms with Crippen LogP contribution in [0.1, 0.15) is 11.1 Å². The van der Waals surface area contributed by atoms with E-state index in [0.29, 0.717) is 0 Å². The Morgan fingerprint density at radius 3 is 2.10 bits per heavy atom. The van der Waals surface area contributed by atoms with E-state index in [1.165, 1.54) is 0 Å². The number of aliphatic hydroxyl groups is 1. The first-order chi connectivity index (χ1) is 13.2. The second-order valence-corrected chi connectivity index (χ2v) is 8.00. The molecule has 1 unspecified atom stereocenters. The van der Waals surface area contributed by atoms with Crippen LogP contribution in [0.25, 0.3) is 0 Å². The maximum atomic E-state index is 14.0. The molecule has 0 aromatic heterocycles. The van der Waals surface area contributed by atoms with E-state index in [4.69, 9.17) is 5.14 Å². The van der Waals surface area contributed by atoms with Gasteiger partial charge in [0.15, 0.2) is 0 Å². The van der Waals surface area contributed by atoms with Gasteiger partial charge in [0.2, 0.25) is 10.0 Å². The van der Waals surface area contributed by atoms with Crippen molar-refractivity contribution in [3.8, 4) is 0 Å². The van der Waals surface area contributed by atoms with E-state index in [9.17, 15) is 35.5 Å². The maximum Gasteiger partial charge on any atom is 0.440 e. The van der Waals surface area contributed by atoms with Crippen molar-refractivity contribution < 1.29 is 35.5 Å². The van der Waals surface area contributed by atoms with Gasteiger partial charge < -0.3 is 10.0 Å². The van der Waals surface area contributed by atoms with E-state index in [0.717, 1.165) is 48.2 Å². The molecule has 1 atom stereocenters. The van der Waals surface area contributed by atoms with Crippen LogP contribution < -0.4 is 10.0 Å². The number of rotatable bonds is 3. The van der Waals surface area contributed by atoms with E-state index >= 15 is 0 Å². The molecule has 0 aliphatic carbocycles. The van der Waals surface area contributed by atoms with Gasteiger partial charge in [-0.25, -0.2) is 27.3 Å². The van der Waals surface area contributed by atoms with Gasteiger partial charge in [0.25, 0.3) is 5.72 Å². The second-order valence-electron chi connectivity index (χ2n) is 6.44. The first-order valence-corrected chi connectivity index (χ1v) is 9.53. The van der Waals surface area contributed by atoms with Crippen molar-refractivity contribution in [1.82, 2.24) is 0 Å². The minimum Gasteiger partial charge on any atom is -0.361 e. The third-order valence-corrected chi connectivity index (χ3v) is 5.33. The lowest BCUT2D eigenvalue weighted by atomic mass is 10.1. The fourth-order valence-corrected chi connectivity index (χ4v) is 3.25. The Kier molecular flexibility index (Phi) is 4.92. The molecule has 1 aliphatic heterocycles. The molecule has 29 heavy (non-hydrogen) atoms. The van der Waals surface area contributed by atoms with Crippen LogP contribution in [-0.4, -0.2) is 37.8 Å². The fraction of sp³-hybridized carbons (Fsp3) is 0.235. The normalized spacial score (nSPS) is 20.1. The molecular weight excluding hydrogens is 421 g/mol. The quantitative estimate of drug-likeness (QED) is 0.724. The summed E-state index contributed by atoms with van der Waals surface area (Å²) < 4.78 is 90.7. The first-order valence-electron chi connectivity index (χ1n) is 7.98. The summed E-state index contributed by atoms with van der Waals surface area (Å²) in [6.07, 6.45) is -5.17. The highest BCUT2D eigenvalue weighted by Gasteiger charge is 2.59. The zero-order valence-electron chi connectivity index (χ0n) is 14.7. The molecule has 0 saturated carbocycles. The van der Waals surface area contributed by atoms with Crippen LogP contribution in [0.15, 0.2) is 46.3 Å². The average molecular weight is 435 g/mol. The zero-order valence-corrected chi connectivity index (χ0v) is 15.5. The van der Waals surface area contributed by atoms with E-state index in [1.54, 1.807) is 0 Å². The van der Waals surface area contributed by atoms with E-state index < -0.39 is 45.9 Å². The monoisotopic (exact) mass is 435 g/mol. The summed E-state index contributed by atoms with van der Waals surface area (Å²) in [5, 5.41) is 15.0. The maximum absolute atomic E-state index is 14.0. The lowest BCUT2D eigenvalue weighted by Crippen LogP contribution is -2.47. The smallest absolute Gasteiger partial charge is 0.361 e. The molecule has 156 valence electrons. The van der Waals surface area contributed by atoms with Gasteiger partial charge in [0.1, 0.15) is 17.5 Å². The lowest BCUT2D eigenvalue weighted by Gasteiger charge is -2.26. The number of amidine groups is 1. The summed E-state index contributed by atoms with van der Waals surface area (Å²) in [6.45, 7) is 0.0101. The molecule has 0 fully saturated rings. The Hall–Kier alpha value is -2.57. The molecule has 0 saturated heterocycles. The molecule has 0 bridgehead atoms. The molecule has 6 nitrogen and oxygen atoms in total. The number of anilines is 1. The van der Waals surface area contributed by atoms with Crippen LogP contribution in [0.5, 0.6) is 0 Å². The fourth-order valence-electron chi connectivity index (χ4n) is 2.73. The number of β-amino-alcohol motifs (C(OH)–C–C–N with tert-alkyl or cyclic N) is 1. The number of nitrogens with two attached hydrogens (primary N) is 1. The van der Waals surface area contributed by atoms with Crippen molar-refractivity contribution in [2.75, 3.05) is 11.4 Å². The molecule has 12 heteroatoms. The van der Waals surface area contributed by atoms with Crippen molar-refractivity contribution in [3.05, 3.63) is 59.2 Å². The SMILES string of the molecule is Cc1c(F)cc(N2CC(O)(C(F)(F)F)N=C2c2ccc(S(N)(=O)=O)cc2)cc1F. The Morgan fingerprint density at radius 2 is 1.66 bits per heavy atom. The van der Waals surface area contributed by atoms with Crippen LogP contribution in [0, 0.1) is 18.6 Å². The molecule has 0 radical (unpaired) electrons. The van der Waals surface area contributed by atoms with E-state index in [-0.39, 0.29) is 21.7 Å². The van der Waals surface area contributed by atoms with Crippen LogP contribution in [0.2, 0.25) is 0 Å². The molecular formula is C17H14F5N3O3S. The van der Waals surface area contributed by atoms with Gasteiger partial charge in [-0.15, -0.1) is 0 Å². The number of halogens is 5. The molecule has 0 spiro atoms. The summed E-state index contributed by atoms with van der Waals surface area (Å²) in [6, 6.07) is 5.94. The van der Waals surface area contributed by atoms with Crippen LogP contribution in [0.3, 0.4) is 0 Å². The third-order valence-electron chi connectivity index (χ3n) is 4.40. The molecule has 1 aliphatic rings. The second kappa shape index (κ2) is 6.75. The number of sulfonamides is 1. The molecule has 3 N–H and O–H groups in total. The van der Waals surface area contributed by atoms with E-state index in [1.807, 2.05) is 0 Å². The minimum atomic E-state index is -5.17. The van der Waals surface area contributed by atoms with Crippen LogP contribution in [0.4, 0.5) is 27.6 Å². The summed E-state index contributed by atoms with van der Waals surface area (Å²) in [4.78, 5) is 3.84. The summed E-state index contributed by atoms with van der Waals surface area (Å²) in [7, 11) is -4.05. The summed E-state index contributed by atoms with van der Waals surface area (Å²) >= 11 is 0. The predicted molar refractivity (Wildman–Crippen MR) is 93.8 cm³/mol. The van der Waals surface area contributed by atoms with Gasteiger partial charge in [-0.3, -0.25) is 0 Å². The number of aliphatic imine (C=N–C) groups is 1. The Bertz CT molecular complexity index is 1080. The largest absolute Gasteiger partial charge is 0.440 e. The lowest BCUT2D eigenvalue weighted by molar-refractivity contribution is -0.249. The van der Waals surface area contributed by atoms with Gasteiger partial charge in [-0.2, -0.15) is 13.2 Å². The molecule has 2 aromatic rings. The molecule has 3 rings (SSSR count). The Morgan fingerprint density at radius 1 is 1.14 bits per heavy atom. The van der Waals surface area contributed by atoms with Gasteiger partial charge in [0, 0.05) is 16.8 Å². The molecule has 1 heterocycles. The third kappa shape index (κ3) is 3.82. The topological polar surface area (TPSA) is 96.0 Å². The number of hydrogen-bond acceptors (Lipinski definition) is 5. The number of primary sulfonamides is 1.